The molecule has 6 N–H and O–H groups in total. The second-order valence-corrected chi connectivity index (χ2v) is 6.84. The summed E-state index contributed by atoms with van der Waals surface area (Å²) in [7, 11) is 4.01. The van der Waals surface area contributed by atoms with Crippen LogP contribution in [0.4, 0.5) is 0 Å². The van der Waals surface area contributed by atoms with Gasteiger partial charge in [-0.05, 0) is 39.8 Å². The summed E-state index contributed by atoms with van der Waals surface area (Å²) in [4.78, 5) is 43.3. The lowest BCUT2D eigenvalue weighted by Crippen LogP contribution is -2.40. The van der Waals surface area contributed by atoms with Gasteiger partial charge in [0.15, 0.2) is 5.41 Å². The van der Waals surface area contributed by atoms with Crippen LogP contribution in [0.1, 0.15) is 57.8 Å². The summed E-state index contributed by atoms with van der Waals surface area (Å²) in [6.45, 7) is 1.74. The van der Waals surface area contributed by atoms with Gasteiger partial charge in [-0.3, -0.25) is 19.2 Å². The van der Waals surface area contributed by atoms with Crippen LogP contribution in [0.2, 0.25) is 0 Å². The van der Waals surface area contributed by atoms with Gasteiger partial charge in [0, 0.05) is 25.9 Å². The summed E-state index contributed by atoms with van der Waals surface area (Å²) in [6.07, 6.45) is 3.93. The van der Waals surface area contributed by atoms with Gasteiger partial charge in [0.05, 0.1) is 0 Å². The number of aliphatic carboxylic acids is 4. The summed E-state index contributed by atoms with van der Waals surface area (Å²) >= 11 is 0. The molecule has 10 heteroatoms. The van der Waals surface area contributed by atoms with Crippen molar-refractivity contribution in [3.05, 3.63) is 0 Å². The van der Waals surface area contributed by atoms with Gasteiger partial charge in [0.1, 0.15) is 0 Å². The summed E-state index contributed by atoms with van der Waals surface area (Å²) in [6, 6.07) is 0. The first-order valence-corrected chi connectivity index (χ1v) is 9.24. The number of nitrogens with zero attached hydrogens (tertiary/aromatic N) is 1. The van der Waals surface area contributed by atoms with Gasteiger partial charge in [0.2, 0.25) is 0 Å². The van der Waals surface area contributed by atoms with Crippen LogP contribution < -0.4 is 5.73 Å². The highest BCUT2D eigenvalue weighted by molar-refractivity contribution is 5.98. The Labute approximate surface area is 165 Å². The molecule has 0 aromatic heterocycles. The van der Waals surface area contributed by atoms with Crippen LogP contribution in [-0.2, 0) is 19.2 Å². The zero-order chi connectivity index (χ0) is 22.2. The van der Waals surface area contributed by atoms with E-state index in [1.165, 1.54) is 0 Å². The Hall–Kier alpha value is -2.20. The Kier molecular flexibility index (Phi) is 15.8. The predicted molar refractivity (Wildman–Crippen MR) is 102 cm³/mol. The first kappa shape index (κ1) is 28.0. The van der Waals surface area contributed by atoms with Crippen molar-refractivity contribution in [1.29, 1.82) is 0 Å². The molecule has 1 fully saturated rings. The van der Waals surface area contributed by atoms with E-state index in [1.54, 1.807) is 0 Å². The molecule has 0 heterocycles. The molecule has 0 aromatic rings. The average Bonchev–Trinajstić information content (AvgIpc) is 2.59. The number of hydrogen-bond donors (Lipinski definition) is 5. The van der Waals surface area contributed by atoms with Gasteiger partial charge in [0.25, 0.3) is 0 Å². The van der Waals surface area contributed by atoms with E-state index in [1.807, 2.05) is 14.1 Å². The molecule has 0 spiro atoms. The van der Waals surface area contributed by atoms with Crippen molar-refractivity contribution < 1.29 is 39.6 Å². The normalized spacial score (nSPS) is 14.7. The standard InChI is InChI=1S/C8H12O4.C6H10O4.C4H12N2/c9-6(10)8(7(11)12)4-2-1-3-5-8;7-5(8)3-1-2-4-6(9)10;1-6(2)4-3-5/h1-5H2,(H,9,10)(H,11,12);1-4H2,(H,7,8)(H,9,10);3-5H2,1-2H3. The first-order valence-electron chi connectivity index (χ1n) is 9.24. The number of unbranched alkanes of at least 4 members (excludes halogenated alkanes) is 1. The summed E-state index contributed by atoms with van der Waals surface area (Å²) < 4.78 is 0. The SMILES string of the molecule is CN(C)CCN.O=C(O)C1(C(=O)O)CCCCC1.O=C(O)CCCCC(=O)O. The van der Waals surface area contributed by atoms with Gasteiger partial charge < -0.3 is 31.1 Å². The van der Waals surface area contributed by atoms with Gasteiger partial charge in [-0.15, -0.1) is 0 Å². The molecule has 0 aliphatic heterocycles. The van der Waals surface area contributed by atoms with Crippen LogP contribution in [0.15, 0.2) is 0 Å². The largest absolute Gasteiger partial charge is 0.481 e. The minimum atomic E-state index is -1.49. The van der Waals surface area contributed by atoms with Crippen LogP contribution in [0, 0.1) is 5.41 Å². The molecule has 0 bridgehead atoms. The van der Waals surface area contributed by atoms with Crippen LogP contribution >= 0.6 is 0 Å². The van der Waals surface area contributed by atoms with Crippen molar-refractivity contribution in [3.63, 3.8) is 0 Å². The maximum Gasteiger partial charge on any atom is 0.321 e. The molecule has 1 aliphatic rings. The van der Waals surface area contributed by atoms with E-state index in [0.29, 0.717) is 25.7 Å². The third-order valence-corrected chi connectivity index (χ3v) is 4.13. The van der Waals surface area contributed by atoms with Crippen LogP contribution in [0.25, 0.3) is 0 Å². The highest BCUT2D eigenvalue weighted by Crippen LogP contribution is 2.36. The lowest BCUT2D eigenvalue weighted by atomic mass is 9.74. The fraction of sp³-hybridized carbons (Fsp3) is 0.778. The molecule has 1 rings (SSSR count). The number of likely N-dealkylation sites (N-methyl/N-ethyl adjacent to an activating group) is 1. The summed E-state index contributed by atoms with van der Waals surface area (Å²) in [5.41, 5.74) is 3.70. The minimum absolute atomic E-state index is 0.0628. The van der Waals surface area contributed by atoms with E-state index < -0.39 is 29.3 Å². The van der Waals surface area contributed by atoms with E-state index in [0.717, 1.165) is 19.5 Å². The average molecular weight is 406 g/mol. The fourth-order valence-corrected chi connectivity index (χ4v) is 2.49. The van der Waals surface area contributed by atoms with E-state index in [9.17, 15) is 19.2 Å². The number of nitrogens with two attached hydrogens (primary N) is 1. The molecule has 0 atom stereocenters. The Balaban J connectivity index is 0. The number of rotatable bonds is 9. The zero-order valence-corrected chi connectivity index (χ0v) is 16.7. The highest BCUT2D eigenvalue weighted by atomic mass is 16.4. The maximum absolute atomic E-state index is 10.7. The van der Waals surface area contributed by atoms with E-state index in [4.69, 9.17) is 26.2 Å². The molecular formula is C18H34N2O8. The first-order chi connectivity index (χ1) is 13.0. The number of hydrogen-bond acceptors (Lipinski definition) is 6. The Morgan fingerprint density at radius 1 is 0.821 bits per heavy atom. The van der Waals surface area contributed by atoms with Gasteiger partial charge in [-0.25, -0.2) is 0 Å². The van der Waals surface area contributed by atoms with Crippen LogP contribution in [0.3, 0.4) is 0 Å². The number of carboxylic acid groups (broad SMARTS) is 4. The molecule has 0 radical (unpaired) electrons. The van der Waals surface area contributed by atoms with Crippen molar-refractivity contribution in [1.82, 2.24) is 4.90 Å². The Bertz CT molecular complexity index is 456. The topological polar surface area (TPSA) is 178 Å². The van der Waals surface area contributed by atoms with Crippen LogP contribution in [-0.4, -0.2) is 76.4 Å². The Morgan fingerprint density at radius 2 is 1.21 bits per heavy atom. The van der Waals surface area contributed by atoms with Gasteiger partial charge in [-0.1, -0.05) is 19.3 Å². The van der Waals surface area contributed by atoms with Crippen molar-refractivity contribution >= 4 is 23.9 Å². The zero-order valence-electron chi connectivity index (χ0n) is 16.7. The lowest BCUT2D eigenvalue weighted by molar-refractivity contribution is -0.167. The quantitative estimate of drug-likeness (QED) is 0.277. The molecule has 1 aliphatic carbocycles. The predicted octanol–water partition coefficient (Wildman–Crippen LogP) is 1.33. The van der Waals surface area contributed by atoms with E-state index in [2.05, 4.69) is 4.90 Å². The third kappa shape index (κ3) is 13.9. The van der Waals surface area contributed by atoms with Crippen molar-refractivity contribution in [2.75, 3.05) is 27.2 Å². The smallest absolute Gasteiger partial charge is 0.321 e. The molecule has 28 heavy (non-hydrogen) atoms. The number of carbonyl (C=O) groups is 4. The summed E-state index contributed by atoms with van der Waals surface area (Å²) in [5, 5.41) is 33.8. The van der Waals surface area contributed by atoms with E-state index >= 15 is 0 Å². The minimum Gasteiger partial charge on any atom is -0.481 e. The van der Waals surface area contributed by atoms with Gasteiger partial charge >= 0.3 is 23.9 Å². The van der Waals surface area contributed by atoms with Crippen molar-refractivity contribution in [2.24, 2.45) is 11.1 Å². The fourth-order valence-electron chi connectivity index (χ4n) is 2.49. The maximum atomic E-state index is 10.7. The highest BCUT2D eigenvalue weighted by Gasteiger charge is 2.46. The van der Waals surface area contributed by atoms with Gasteiger partial charge in [-0.2, -0.15) is 0 Å². The molecule has 1 saturated carbocycles. The second-order valence-electron chi connectivity index (χ2n) is 6.84. The third-order valence-electron chi connectivity index (χ3n) is 4.13. The monoisotopic (exact) mass is 406 g/mol. The van der Waals surface area contributed by atoms with E-state index in [-0.39, 0.29) is 25.7 Å². The summed E-state index contributed by atoms with van der Waals surface area (Å²) in [5.74, 6) is -4.11. The molecule has 164 valence electrons. The lowest BCUT2D eigenvalue weighted by Gasteiger charge is -2.28. The van der Waals surface area contributed by atoms with Crippen molar-refractivity contribution in [3.8, 4) is 0 Å². The molecule has 0 saturated heterocycles. The molecule has 0 aromatic carbocycles. The molecule has 0 amide bonds. The number of carboxylic acids is 4. The molecule has 0 unspecified atom stereocenters. The van der Waals surface area contributed by atoms with Crippen molar-refractivity contribution in [2.45, 2.75) is 57.8 Å². The molecular weight excluding hydrogens is 372 g/mol. The molecule has 10 nitrogen and oxygen atoms in total. The van der Waals surface area contributed by atoms with Crippen LogP contribution in [0.5, 0.6) is 0 Å². The second kappa shape index (κ2) is 15.8. The Morgan fingerprint density at radius 3 is 1.39 bits per heavy atom.